The first-order chi connectivity index (χ1) is 14.8. The number of imidazole rings is 1. The Morgan fingerprint density at radius 1 is 1.10 bits per heavy atom. The minimum atomic E-state index is -1.18. The number of carbonyl (C=O) groups is 2. The molecule has 0 amide bonds. The van der Waals surface area contributed by atoms with Crippen LogP contribution in [0.2, 0.25) is 0 Å². The predicted molar refractivity (Wildman–Crippen MR) is 119 cm³/mol. The lowest BCUT2D eigenvalue weighted by atomic mass is 10.1. The molecule has 160 valence electrons. The first kappa shape index (κ1) is 22.4. The van der Waals surface area contributed by atoms with Crippen molar-refractivity contribution in [2.75, 3.05) is 6.61 Å². The Bertz CT molecular complexity index is 1070. The Hall–Kier alpha value is -3.28. The van der Waals surface area contributed by atoms with E-state index in [1.54, 1.807) is 54.5 Å². The molecule has 0 spiro atoms. The number of benzene rings is 2. The first-order valence-corrected chi connectivity index (χ1v) is 10.2. The van der Waals surface area contributed by atoms with Crippen molar-refractivity contribution in [2.45, 2.75) is 19.1 Å². The molecule has 3 aromatic rings. The van der Waals surface area contributed by atoms with E-state index in [-0.39, 0.29) is 24.4 Å². The van der Waals surface area contributed by atoms with Crippen molar-refractivity contribution in [3.63, 3.8) is 0 Å². The van der Waals surface area contributed by atoms with Gasteiger partial charge in [0.15, 0.2) is 5.60 Å². The second-order valence-corrected chi connectivity index (χ2v) is 8.21. The van der Waals surface area contributed by atoms with Crippen LogP contribution in [0.15, 0.2) is 67.3 Å². The normalized spacial score (nSPS) is 12.6. The van der Waals surface area contributed by atoms with Crippen molar-refractivity contribution >= 4 is 40.2 Å². The minimum absolute atomic E-state index is 0.132. The molecule has 1 unspecified atom stereocenters. The molecule has 3 rings (SSSR count). The van der Waals surface area contributed by atoms with E-state index in [1.807, 2.05) is 0 Å². The topological polar surface area (TPSA) is 114 Å². The SMILES string of the molecule is CC(COC(=O)c1ccc([N+](=O)[O-])cc1)(Cn1ccnc1)OC(=O)c1ccc(I)cc1. The fraction of sp³-hybridized carbons (Fsp3) is 0.190. The van der Waals surface area contributed by atoms with Gasteiger partial charge in [0.2, 0.25) is 0 Å². The van der Waals surface area contributed by atoms with E-state index in [4.69, 9.17) is 9.47 Å². The summed E-state index contributed by atoms with van der Waals surface area (Å²) in [5, 5.41) is 10.8. The molecule has 0 radical (unpaired) electrons. The lowest BCUT2D eigenvalue weighted by Gasteiger charge is -2.29. The number of non-ortho nitro benzene ring substituents is 1. The first-order valence-electron chi connectivity index (χ1n) is 9.12. The Morgan fingerprint density at radius 3 is 2.29 bits per heavy atom. The molecule has 1 heterocycles. The number of halogens is 1. The molecule has 0 N–H and O–H groups in total. The van der Waals surface area contributed by atoms with E-state index in [2.05, 4.69) is 27.6 Å². The molecule has 1 atom stereocenters. The van der Waals surface area contributed by atoms with Gasteiger partial charge >= 0.3 is 11.9 Å². The van der Waals surface area contributed by atoms with Crippen LogP contribution in [0.1, 0.15) is 27.6 Å². The Labute approximate surface area is 191 Å². The van der Waals surface area contributed by atoms with Crippen molar-refractivity contribution in [3.8, 4) is 0 Å². The number of nitro groups is 1. The molecule has 31 heavy (non-hydrogen) atoms. The Balaban J connectivity index is 1.73. The number of rotatable bonds is 8. The smallest absolute Gasteiger partial charge is 0.338 e. The summed E-state index contributed by atoms with van der Waals surface area (Å²) in [4.78, 5) is 39.3. The van der Waals surface area contributed by atoms with Gasteiger partial charge in [-0.15, -0.1) is 0 Å². The van der Waals surface area contributed by atoms with Gasteiger partial charge in [-0.1, -0.05) is 0 Å². The van der Waals surface area contributed by atoms with Gasteiger partial charge in [-0.05, 0) is 65.9 Å². The summed E-state index contributed by atoms with van der Waals surface area (Å²) in [7, 11) is 0. The average Bonchev–Trinajstić information content (AvgIpc) is 3.25. The van der Waals surface area contributed by atoms with Crippen molar-refractivity contribution in [3.05, 3.63) is 92.1 Å². The van der Waals surface area contributed by atoms with Gasteiger partial charge in [0, 0.05) is 28.1 Å². The second-order valence-electron chi connectivity index (χ2n) is 6.96. The summed E-state index contributed by atoms with van der Waals surface area (Å²) >= 11 is 2.14. The number of aromatic nitrogens is 2. The van der Waals surface area contributed by atoms with Crippen molar-refractivity contribution < 1.29 is 24.0 Å². The molecule has 10 heteroatoms. The number of esters is 2. The van der Waals surface area contributed by atoms with Crippen LogP contribution in [0.5, 0.6) is 0 Å². The zero-order valence-electron chi connectivity index (χ0n) is 16.4. The monoisotopic (exact) mass is 535 g/mol. The van der Waals surface area contributed by atoms with Gasteiger partial charge in [0.25, 0.3) is 5.69 Å². The van der Waals surface area contributed by atoms with Crippen LogP contribution >= 0.6 is 22.6 Å². The maximum absolute atomic E-state index is 12.7. The highest BCUT2D eigenvalue weighted by molar-refractivity contribution is 14.1. The number of hydrogen-bond donors (Lipinski definition) is 0. The Kier molecular flexibility index (Phi) is 7.00. The molecular formula is C21H18IN3O6. The summed E-state index contributed by atoms with van der Waals surface area (Å²) < 4.78 is 13.8. The highest BCUT2D eigenvalue weighted by Crippen LogP contribution is 2.20. The van der Waals surface area contributed by atoms with Gasteiger partial charge in [-0.25, -0.2) is 14.6 Å². The summed E-state index contributed by atoms with van der Waals surface area (Å²) in [5.74, 6) is -1.23. The van der Waals surface area contributed by atoms with E-state index in [9.17, 15) is 19.7 Å². The zero-order chi connectivity index (χ0) is 22.4. The predicted octanol–water partition coefficient (Wildman–Crippen LogP) is 3.87. The lowest BCUT2D eigenvalue weighted by Crippen LogP contribution is -2.41. The van der Waals surface area contributed by atoms with E-state index < -0.39 is 22.5 Å². The van der Waals surface area contributed by atoms with E-state index in [0.717, 1.165) is 3.57 Å². The number of nitrogens with zero attached hydrogens (tertiary/aromatic N) is 3. The third-order valence-corrected chi connectivity index (χ3v) is 5.04. The van der Waals surface area contributed by atoms with Gasteiger partial charge < -0.3 is 14.0 Å². The zero-order valence-corrected chi connectivity index (χ0v) is 18.6. The molecule has 0 fully saturated rings. The van der Waals surface area contributed by atoms with E-state index >= 15 is 0 Å². The van der Waals surface area contributed by atoms with Crippen LogP contribution in [0.25, 0.3) is 0 Å². The largest absolute Gasteiger partial charge is 0.458 e. The fourth-order valence-corrected chi connectivity index (χ4v) is 3.12. The number of ether oxygens (including phenoxy) is 2. The third-order valence-electron chi connectivity index (χ3n) is 4.32. The second kappa shape index (κ2) is 9.69. The lowest BCUT2D eigenvalue weighted by molar-refractivity contribution is -0.384. The average molecular weight is 535 g/mol. The van der Waals surface area contributed by atoms with Crippen molar-refractivity contribution in [2.24, 2.45) is 0 Å². The quantitative estimate of drug-likeness (QED) is 0.186. The molecule has 1 aromatic heterocycles. The van der Waals surface area contributed by atoms with Gasteiger partial charge in [-0.3, -0.25) is 10.1 Å². The summed E-state index contributed by atoms with van der Waals surface area (Å²) in [5.41, 5.74) is -0.788. The molecule has 0 aliphatic heterocycles. The third kappa shape index (κ3) is 6.10. The maximum Gasteiger partial charge on any atom is 0.338 e. The standard InChI is InChI=1S/C21H18IN3O6/c1-21(12-24-11-10-23-14-24,31-20(27)16-2-6-17(22)7-3-16)13-30-19(26)15-4-8-18(9-5-15)25(28)29/h2-11,14H,12-13H2,1H3. The molecule has 0 bridgehead atoms. The fourth-order valence-electron chi connectivity index (χ4n) is 2.76. The highest BCUT2D eigenvalue weighted by Gasteiger charge is 2.32. The van der Waals surface area contributed by atoms with Gasteiger partial charge in [-0.2, -0.15) is 0 Å². The van der Waals surface area contributed by atoms with Crippen LogP contribution < -0.4 is 0 Å². The van der Waals surface area contributed by atoms with Crippen LogP contribution in [0.3, 0.4) is 0 Å². The number of nitro benzene ring substituents is 1. The van der Waals surface area contributed by atoms with Crippen LogP contribution in [-0.4, -0.2) is 38.6 Å². The van der Waals surface area contributed by atoms with Crippen molar-refractivity contribution in [1.29, 1.82) is 0 Å². The maximum atomic E-state index is 12.7. The summed E-state index contributed by atoms with van der Waals surface area (Å²) in [6, 6.07) is 12.0. The van der Waals surface area contributed by atoms with Crippen LogP contribution in [0.4, 0.5) is 5.69 Å². The summed E-state index contributed by atoms with van der Waals surface area (Å²) in [6.07, 6.45) is 4.86. The molecule has 9 nitrogen and oxygen atoms in total. The van der Waals surface area contributed by atoms with Gasteiger partial charge in [0.05, 0.1) is 28.9 Å². The minimum Gasteiger partial charge on any atom is -0.458 e. The highest BCUT2D eigenvalue weighted by atomic mass is 127. The molecule has 2 aromatic carbocycles. The number of hydrogen-bond acceptors (Lipinski definition) is 7. The molecule has 0 saturated heterocycles. The molecular weight excluding hydrogens is 517 g/mol. The van der Waals surface area contributed by atoms with Crippen molar-refractivity contribution in [1.82, 2.24) is 9.55 Å². The van der Waals surface area contributed by atoms with Crippen LogP contribution in [-0.2, 0) is 16.0 Å². The van der Waals surface area contributed by atoms with Gasteiger partial charge in [0.1, 0.15) is 6.61 Å². The van der Waals surface area contributed by atoms with E-state index in [0.29, 0.717) is 5.56 Å². The molecule has 0 saturated carbocycles. The molecule has 0 aliphatic rings. The number of carbonyl (C=O) groups excluding carboxylic acids is 2. The Morgan fingerprint density at radius 2 is 1.71 bits per heavy atom. The van der Waals surface area contributed by atoms with Crippen LogP contribution in [0, 0.1) is 13.7 Å². The van der Waals surface area contributed by atoms with E-state index in [1.165, 1.54) is 24.3 Å². The summed E-state index contributed by atoms with van der Waals surface area (Å²) in [6.45, 7) is 1.63. The molecule has 0 aliphatic carbocycles.